The lowest BCUT2D eigenvalue weighted by atomic mass is 9.77. The molecule has 0 saturated heterocycles. The van der Waals surface area contributed by atoms with Gasteiger partial charge < -0.3 is 0 Å². The molecule has 2 saturated carbocycles. The van der Waals surface area contributed by atoms with Gasteiger partial charge in [-0.15, -0.1) is 0 Å². The van der Waals surface area contributed by atoms with Gasteiger partial charge in [-0.2, -0.15) is 0 Å². The Balaban J connectivity index is 1.16. The maximum Gasteiger partial charge on any atom is -0.0154 e. The van der Waals surface area contributed by atoms with Crippen molar-refractivity contribution in [1.29, 1.82) is 0 Å². The Hall–Kier alpha value is -1.56. The van der Waals surface area contributed by atoms with Crippen molar-refractivity contribution in [2.45, 2.75) is 169 Å². The Bertz CT molecular complexity index is 1010. The molecule has 0 heterocycles. The van der Waals surface area contributed by atoms with Gasteiger partial charge in [-0.25, -0.2) is 0 Å². The first-order chi connectivity index (χ1) is 20.6. The van der Waals surface area contributed by atoms with Gasteiger partial charge in [0.05, 0.1) is 0 Å². The smallest absolute Gasteiger partial charge is 0.0154 e. The number of hydrogen-bond acceptors (Lipinski definition) is 0. The van der Waals surface area contributed by atoms with Crippen molar-refractivity contribution in [3.05, 3.63) is 58.7 Å². The molecule has 42 heavy (non-hydrogen) atoms. The van der Waals surface area contributed by atoms with Crippen LogP contribution in [0.2, 0.25) is 0 Å². The van der Waals surface area contributed by atoms with Gasteiger partial charge >= 0.3 is 0 Å². The zero-order valence-electron chi connectivity index (χ0n) is 28.3. The molecule has 0 unspecified atom stereocenters. The normalized spacial score (nSPS) is 22.9. The van der Waals surface area contributed by atoms with Crippen molar-refractivity contribution in [3.63, 3.8) is 0 Å². The zero-order valence-corrected chi connectivity index (χ0v) is 28.3. The number of unbranched alkanes of at least 4 members (excludes halogenated alkanes) is 6. The first kappa shape index (κ1) is 33.3. The molecule has 0 nitrogen and oxygen atoms in total. The topological polar surface area (TPSA) is 0 Å². The van der Waals surface area contributed by atoms with Gasteiger partial charge in [-0.3, -0.25) is 0 Å². The second-order valence-corrected chi connectivity index (χ2v) is 14.8. The molecule has 0 bridgehead atoms. The summed E-state index contributed by atoms with van der Waals surface area (Å²) in [4.78, 5) is 0. The van der Waals surface area contributed by atoms with E-state index in [9.17, 15) is 0 Å². The Kier molecular flexibility index (Phi) is 14.5. The van der Waals surface area contributed by atoms with Crippen LogP contribution in [0.15, 0.2) is 36.4 Å². The SMILES string of the molecule is CCCCCCCCCC1CCC(CCc2ccc(-c3ccc(CCC4CCC(CCC)CC4)c(C)c3)c(C)c2)CC1. The average molecular weight is 571 g/mol. The van der Waals surface area contributed by atoms with Crippen LogP contribution in [0.4, 0.5) is 0 Å². The lowest BCUT2D eigenvalue weighted by Crippen LogP contribution is -2.15. The first-order valence-electron chi connectivity index (χ1n) is 18.7. The van der Waals surface area contributed by atoms with E-state index in [2.05, 4.69) is 64.1 Å². The monoisotopic (exact) mass is 571 g/mol. The van der Waals surface area contributed by atoms with Gasteiger partial charge in [0, 0.05) is 0 Å². The van der Waals surface area contributed by atoms with Gasteiger partial charge in [0.1, 0.15) is 0 Å². The molecule has 0 radical (unpaired) electrons. The molecule has 2 fully saturated rings. The summed E-state index contributed by atoms with van der Waals surface area (Å²) in [6.07, 6.45) is 31.6. The van der Waals surface area contributed by atoms with Gasteiger partial charge in [-0.05, 0) is 96.6 Å². The zero-order chi connectivity index (χ0) is 29.6. The van der Waals surface area contributed by atoms with Crippen molar-refractivity contribution in [2.75, 3.05) is 0 Å². The summed E-state index contributed by atoms with van der Waals surface area (Å²) in [6, 6.07) is 14.6. The highest BCUT2D eigenvalue weighted by Gasteiger charge is 2.22. The van der Waals surface area contributed by atoms with E-state index in [0.29, 0.717) is 0 Å². The fourth-order valence-corrected chi connectivity index (χ4v) is 8.50. The fourth-order valence-electron chi connectivity index (χ4n) is 8.50. The molecule has 2 aliphatic carbocycles. The molecule has 0 spiro atoms. The Morgan fingerprint density at radius 3 is 1.67 bits per heavy atom. The second-order valence-electron chi connectivity index (χ2n) is 14.8. The minimum absolute atomic E-state index is 0.955. The number of hydrogen-bond donors (Lipinski definition) is 0. The fraction of sp³-hybridized carbons (Fsp3) is 0.714. The third-order valence-electron chi connectivity index (χ3n) is 11.5. The van der Waals surface area contributed by atoms with Crippen LogP contribution in [-0.4, -0.2) is 0 Å². The van der Waals surface area contributed by atoms with E-state index >= 15 is 0 Å². The quantitative estimate of drug-likeness (QED) is 0.166. The summed E-state index contributed by atoms with van der Waals surface area (Å²) < 4.78 is 0. The molecule has 0 aromatic heterocycles. The van der Waals surface area contributed by atoms with E-state index in [-0.39, 0.29) is 0 Å². The van der Waals surface area contributed by atoms with Gasteiger partial charge in [-0.1, -0.05) is 166 Å². The predicted molar refractivity (Wildman–Crippen MR) is 186 cm³/mol. The van der Waals surface area contributed by atoms with E-state index in [1.165, 1.54) is 164 Å². The molecule has 0 amide bonds. The number of benzene rings is 2. The van der Waals surface area contributed by atoms with Gasteiger partial charge in [0.2, 0.25) is 0 Å². The van der Waals surface area contributed by atoms with Crippen LogP contribution in [0.25, 0.3) is 11.1 Å². The molecule has 2 aliphatic rings. The highest BCUT2D eigenvalue weighted by atomic mass is 14.3. The third kappa shape index (κ3) is 10.9. The van der Waals surface area contributed by atoms with Crippen LogP contribution in [0.1, 0.15) is 165 Å². The van der Waals surface area contributed by atoms with Crippen LogP contribution in [0, 0.1) is 37.5 Å². The van der Waals surface area contributed by atoms with Crippen LogP contribution in [0.5, 0.6) is 0 Å². The summed E-state index contributed by atoms with van der Waals surface area (Å²) in [6.45, 7) is 9.32. The summed E-state index contributed by atoms with van der Waals surface area (Å²) >= 11 is 0. The lowest BCUT2D eigenvalue weighted by molar-refractivity contribution is 0.248. The van der Waals surface area contributed by atoms with Crippen molar-refractivity contribution < 1.29 is 0 Å². The first-order valence-corrected chi connectivity index (χ1v) is 18.7. The highest BCUT2D eigenvalue weighted by molar-refractivity contribution is 5.68. The largest absolute Gasteiger partial charge is 0.0654 e. The maximum absolute atomic E-state index is 2.49. The van der Waals surface area contributed by atoms with E-state index in [1.54, 1.807) is 11.1 Å². The maximum atomic E-state index is 2.49. The van der Waals surface area contributed by atoms with E-state index in [1.807, 2.05) is 0 Å². The lowest BCUT2D eigenvalue weighted by Gasteiger charge is -2.28. The Labute approximate surface area is 261 Å². The van der Waals surface area contributed by atoms with Crippen LogP contribution in [-0.2, 0) is 12.8 Å². The Morgan fingerprint density at radius 2 is 1.07 bits per heavy atom. The van der Waals surface area contributed by atoms with Crippen LogP contribution < -0.4 is 0 Å². The molecule has 234 valence electrons. The molecular weight excluding hydrogens is 504 g/mol. The van der Waals surface area contributed by atoms with Crippen LogP contribution >= 0.6 is 0 Å². The second kappa shape index (κ2) is 18.3. The molecule has 0 aliphatic heterocycles. The summed E-state index contributed by atoms with van der Waals surface area (Å²) in [5.74, 6) is 3.96. The van der Waals surface area contributed by atoms with Crippen molar-refractivity contribution in [3.8, 4) is 11.1 Å². The summed E-state index contributed by atoms with van der Waals surface area (Å²) in [5, 5.41) is 0. The number of aryl methyl sites for hydroxylation is 4. The third-order valence-corrected chi connectivity index (χ3v) is 11.5. The molecule has 0 N–H and O–H groups in total. The minimum Gasteiger partial charge on any atom is -0.0654 e. The minimum atomic E-state index is 0.955. The molecule has 0 atom stereocenters. The average Bonchev–Trinajstić information content (AvgIpc) is 3.00. The van der Waals surface area contributed by atoms with Crippen LogP contribution in [0.3, 0.4) is 0 Å². The predicted octanol–water partition coefficient (Wildman–Crippen LogP) is 13.4. The standard InChI is InChI=1S/C42H66/c1-5-7-8-9-10-11-12-14-36-17-21-37(22-18-36)23-24-39-26-30-42(34(4)31-39)41-29-28-40(33(3)32-41)27-25-38-19-15-35(13-6-2)16-20-38/h26,28-32,35-38H,5-25,27H2,1-4H3. The molecule has 0 heteroatoms. The van der Waals surface area contributed by atoms with Crippen molar-refractivity contribution in [1.82, 2.24) is 0 Å². The molecule has 2 aromatic carbocycles. The Morgan fingerprint density at radius 1 is 0.500 bits per heavy atom. The van der Waals surface area contributed by atoms with E-state index in [0.717, 1.165) is 23.7 Å². The van der Waals surface area contributed by atoms with Crippen molar-refractivity contribution in [2.24, 2.45) is 23.7 Å². The molecule has 2 aromatic rings. The molecular formula is C42H66. The van der Waals surface area contributed by atoms with E-state index in [4.69, 9.17) is 0 Å². The van der Waals surface area contributed by atoms with E-state index < -0.39 is 0 Å². The molecule has 4 rings (SSSR count). The summed E-state index contributed by atoms with van der Waals surface area (Å²) in [5.41, 5.74) is 8.87. The number of rotatable bonds is 17. The van der Waals surface area contributed by atoms with Crippen molar-refractivity contribution >= 4 is 0 Å². The van der Waals surface area contributed by atoms with Gasteiger partial charge in [0.25, 0.3) is 0 Å². The van der Waals surface area contributed by atoms with Gasteiger partial charge in [0.15, 0.2) is 0 Å². The highest BCUT2D eigenvalue weighted by Crippen LogP contribution is 2.36. The summed E-state index contributed by atoms with van der Waals surface area (Å²) in [7, 11) is 0.